The first-order valence-electron chi connectivity index (χ1n) is 5.53. The molecule has 3 unspecified atom stereocenters. The Hall–Kier alpha value is -1.64. The molecular formula is C13H12O3. The summed E-state index contributed by atoms with van der Waals surface area (Å²) in [7, 11) is 0. The standard InChI is InChI=1S/C13H12O3/c1-7-6-10-11(13(15)16-12(10)14)9-5-3-2-4-8(7)9/h2-5,7,10-11H,6H2,1H3. The van der Waals surface area contributed by atoms with E-state index in [-0.39, 0.29) is 23.8 Å². The van der Waals surface area contributed by atoms with Crippen LogP contribution in [-0.4, -0.2) is 11.9 Å². The minimum absolute atomic E-state index is 0.266. The summed E-state index contributed by atoms with van der Waals surface area (Å²) in [5.41, 5.74) is 2.15. The molecule has 3 nitrogen and oxygen atoms in total. The molecule has 1 aliphatic heterocycles. The summed E-state index contributed by atoms with van der Waals surface area (Å²) >= 11 is 0. The molecule has 0 amide bonds. The maximum absolute atomic E-state index is 11.6. The smallest absolute Gasteiger partial charge is 0.321 e. The van der Waals surface area contributed by atoms with Crippen molar-refractivity contribution in [3.8, 4) is 0 Å². The van der Waals surface area contributed by atoms with Gasteiger partial charge in [-0.05, 0) is 23.5 Å². The van der Waals surface area contributed by atoms with Crippen LogP contribution in [0.3, 0.4) is 0 Å². The lowest BCUT2D eigenvalue weighted by molar-refractivity contribution is -0.153. The lowest BCUT2D eigenvalue weighted by Gasteiger charge is -2.28. The second kappa shape index (κ2) is 3.17. The van der Waals surface area contributed by atoms with Gasteiger partial charge < -0.3 is 4.74 Å². The van der Waals surface area contributed by atoms with Crippen LogP contribution >= 0.6 is 0 Å². The average Bonchev–Trinajstić information content (AvgIpc) is 2.55. The van der Waals surface area contributed by atoms with Crippen LogP contribution in [0, 0.1) is 5.92 Å². The second-order valence-corrected chi connectivity index (χ2v) is 4.59. The Morgan fingerprint density at radius 2 is 1.81 bits per heavy atom. The molecule has 1 saturated heterocycles. The Morgan fingerprint density at radius 3 is 2.56 bits per heavy atom. The zero-order chi connectivity index (χ0) is 11.3. The third-order valence-electron chi connectivity index (χ3n) is 3.63. The first kappa shape index (κ1) is 9.58. The zero-order valence-corrected chi connectivity index (χ0v) is 8.97. The van der Waals surface area contributed by atoms with Gasteiger partial charge in [-0.3, -0.25) is 9.59 Å². The predicted molar refractivity (Wildman–Crippen MR) is 56.8 cm³/mol. The predicted octanol–water partition coefficient (Wildman–Crippen LogP) is 1.98. The van der Waals surface area contributed by atoms with Crippen molar-refractivity contribution >= 4 is 11.9 Å². The molecule has 0 spiro atoms. The Kier molecular flexibility index (Phi) is 1.90. The van der Waals surface area contributed by atoms with Gasteiger partial charge in [-0.2, -0.15) is 0 Å². The van der Waals surface area contributed by atoms with Gasteiger partial charge in [0.05, 0.1) is 11.8 Å². The van der Waals surface area contributed by atoms with Gasteiger partial charge in [-0.1, -0.05) is 31.2 Å². The van der Waals surface area contributed by atoms with Crippen molar-refractivity contribution in [1.29, 1.82) is 0 Å². The van der Waals surface area contributed by atoms with E-state index >= 15 is 0 Å². The summed E-state index contributed by atoms with van der Waals surface area (Å²) < 4.78 is 4.74. The molecule has 3 rings (SSSR count). The molecule has 16 heavy (non-hydrogen) atoms. The molecule has 0 aromatic heterocycles. The van der Waals surface area contributed by atoms with E-state index in [1.54, 1.807) is 0 Å². The highest BCUT2D eigenvalue weighted by Crippen LogP contribution is 2.46. The van der Waals surface area contributed by atoms with Crippen molar-refractivity contribution in [2.24, 2.45) is 5.92 Å². The molecule has 3 atom stereocenters. The van der Waals surface area contributed by atoms with Crippen LogP contribution in [0.2, 0.25) is 0 Å². The van der Waals surface area contributed by atoms with Crippen LogP contribution in [0.25, 0.3) is 0 Å². The van der Waals surface area contributed by atoms with Gasteiger partial charge in [-0.15, -0.1) is 0 Å². The van der Waals surface area contributed by atoms with Gasteiger partial charge in [0.1, 0.15) is 0 Å². The van der Waals surface area contributed by atoms with Crippen LogP contribution < -0.4 is 0 Å². The number of carbonyl (C=O) groups is 2. The monoisotopic (exact) mass is 216 g/mol. The largest absolute Gasteiger partial charge is 0.392 e. The quantitative estimate of drug-likeness (QED) is 0.492. The number of carbonyl (C=O) groups excluding carboxylic acids is 2. The van der Waals surface area contributed by atoms with Gasteiger partial charge in [0, 0.05) is 0 Å². The topological polar surface area (TPSA) is 43.4 Å². The fraction of sp³-hybridized carbons (Fsp3) is 0.385. The van der Waals surface area contributed by atoms with Crippen LogP contribution in [0.15, 0.2) is 24.3 Å². The fourth-order valence-corrected chi connectivity index (χ4v) is 2.87. The molecule has 0 N–H and O–H groups in total. The first-order chi connectivity index (χ1) is 7.68. The van der Waals surface area contributed by atoms with Crippen LogP contribution in [0.5, 0.6) is 0 Å². The first-order valence-corrected chi connectivity index (χ1v) is 5.53. The summed E-state index contributed by atoms with van der Waals surface area (Å²) in [6.07, 6.45) is 0.715. The summed E-state index contributed by atoms with van der Waals surface area (Å²) in [5, 5.41) is 0. The van der Waals surface area contributed by atoms with Crippen molar-refractivity contribution in [2.45, 2.75) is 25.2 Å². The molecule has 0 bridgehead atoms. The molecule has 1 heterocycles. The van der Waals surface area contributed by atoms with Gasteiger partial charge in [0.25, 0.3) is 0 Å². The molecule has 0 radical (unpaired) electrons. The van der Waals surface area contributed by atoms with E-state index in [9.17, 15) is 9.59 Å². The molecule has 0 saturated carbocycles. The zero-order valence-electron chi connectivity index (χ0n) is 8.97. The minimum Gasteiger partial charge on any atom is -0.392 e. The maximum atomic E-state index is 11.6. The van der Waals surface area contributed by atoms with Crippen molar-refractivity contribution in [3.05, 3.63) is 35.4 Å². The Morgan fingerprint density at radius 1 is 1.12 bits per heavy atom. The SMILES string of the molecule is CC1CC2C(=O)OC(=O)C2c2ccccc21. The highest BCUT2D eigenvalue weighted by atomic mass is 16.6. The molecule has 3 heteroatoms. The number of fused-ring (bicyclic) bond motifs is 3. The summed E-state index contributed by atoms with van der Waals surface area (Å²) in [4.78, 5) is 23.2. The van der Waals surface area contributed by atoms with Crippen molar-refractivity contribution in [1.82, 2.24) is 0 Å². The van der Waals surface area contributed by atoms with Gasteiger partial charge >= 0.3 is 11.9 Å². The van der Waals surface area contributed by atoms with E-state index in [1.807, 2.05) is 24.3 Å². The molecule has 1 aromatic rings. The fourth-order valence-electron chi connectivity index (χ4n) is 2.87. The normalized spacial score (nSPS) is 31.9. The van der Waals surface area contributed by atoms with Crippen LogP contribution in [0.4, 0.5) is 0 Å². The van der Waals surface area contributed by atoms with E-state index in [0.717, 1.165) is 5.56 Å². The average molecular weight is 216 g/mol. The molecule has 1 aliphatic carbocycles. The number of benzene rings is 1. The van der Waals surface area contributed by atoms with Crippen LogP contribution in [0.1, 0.15) is 36.3 Å². The lowest BCUT2D eigenvalue weighted by Crippen LogP contribution is -2.24. The molecule has 82 valence electrons. The molecule has 1 fully saturated rings. The maximum Gasteiger partial charge on any atom is 0.321 e. The second-order valence-electron chi connectivity index (χ2n) is 4.59. The summed E-state index contributed by atoms with van der Waals surface area (Å²) in [6.45, 7) is 2.09. The number of ether oxygens (including phenoxy) is 1. The van der Waals surface area contributed by atoms with E-state index in [4.69, 9.17) is 4.74 Å². The number of esters is 2. The van der Waals surface area contributed by atoms with Crippen LogP contribution in [-0.2, 0) is 14.3 Å². The highest BCUT2D eigenvalue weighted by molar-refractivity contribution is 6.00. The summed E-state index contributed by atoms with van der Waals surface area (Å²) in [6, 6.07) is 7.84. The molecule has 2 aliphatic rings. The lowest BCUT2D eigenvalue weighted by atomic mass is 9.72. The number of hydrogen-bond acceptors (Lipinski definition) is 3. The van der Waals surface area contributed by atoms with E-state index < -0.39 is 0 Å². The van der Waals surface area contributed by atoms with Gasteiger partial charge in [0.15, 0.2) is 0 Å². The molecular weight excluding hydrogens is 204 g/mol. The van der Waals surface area contributed by atoms with Gasteiger partial charge in [-0.25, -0.2) is 0 Å². The summed E-state index contributed by atoms with van der Waals surface area (Å²) in [5.74, 6) is -1.04. The Balaban J connectivity index is 2.16. The third-order valence-corrected chi connectivity index (χ3v) is 3.63. The van der Waals surface area contributed by atoms with E-state index in [1.165, 1.54) is 5.56 Å². The number of hydrogen-bond donors (Lipinski definition) is 0. The third kappa shape index (κ3) is 1.14. The Bertz CT molecular complexity index is 478. The highest BCUT2D eigenvalue weighted by Gasteiger charge is 2.49. The Labute approximate surface area is 93.4 Å². The number of cyclic esters (lactones) is 2. The van der Waals surface area contributed by atoms with E-state index in [0.29, 0.717) is 12.3 Å². The van der Waals surface area contributed by atoms with Crippen molar-refractivity contribution in [2.75, 3.05) is 0 Å². The van der Waals surface area contributed by atoms with Crippen molar-refractivity contribution < 1.29 is 14.3 Å². The number of rotatable bonds is 0. The van der Waals surface area contributed by atoms with Crippen molar-refractivity contribution in [3.63, 3.8) is 0 Å². The van der Waals surface area contributed by atoms with E-state index in [2.05, 4.69) is 6.92 Å². The minimum atomic E-state index is -0.380. The molecule has 1 aromatic carbocycles. The van der Waals surface area contributed by atoms with Gasteiger partial charge in [0.2, 0.25) is 0 Å².